The molecule has 1 unspecified atom stereocenters. The zero-order chi connectivity index (χ0) is 19.0. The summed E-state index contributed by atoms with van der Waals surface area (Å²) in [5.41, 5.74) is 2.05. The second-order valence-corrected chi connectivity index (χ2v) is 8.20. The van der Waals surface area contributed by atoms with Crippen molar-refractivity contribution in [2.24, 2.45) is 0 Å². The van der Waals surface area contributed by atoms with Gasteiger partial charge in [0.2, 0.25) is 0 Å². The van der Waals surface area contributed by atoms with E-state index in [2.05, 4.69) is 20.9 Å². The van der Waals surface area contributed by atoms with Gasteiger partial charge in [-0.2, -0.15) is 0 Å². The first kappa shape index (κ1) is 17.8. The first-order chi connectivity index (χ1) is 13.7. The molecule has 1 spiro atoms. The van der Waals surface area contributed by atoms with E-state index in [0.717, 1.165) is 51.4 Å². The smallest absolute Gasteiger partial charge is 0.253 e. The molecule has 0 saturated carbocycles. The molecule has 3 aliphatic heterocycles. The fourth-order valence-electron chi connectivity index (χ4n) is 5.04. The Bertz CT molecular complexity index is 823. The molecule has 0 radical (unpaired) electrons. The van der Waals surface area contributed by atoms with E-state index in [4.69, 9.17) is 4.74 Å². The third-order valence-corrected chi connectivity index (χ3v) is 6.23. The number of aromatic nitrogens is 1. The minimum Gasteiger partial charge on any atom is -0.378 e. The van der Waals surface area contributed by atoms with Gasteiger partial charge in [-0.15, -0.1) is 0 Å². The van der Waals surface area contributed by atoms with Crippen LogP contribution in [0, 0.1) is 0 Å². The van der Waals surface area contributed by atoms with Crippen LogP contribution in [0.25, 0.3) is 0 Å². The standard InChI is InChI=1S/C22H26N4O2/c27-21(19-6-2-1-3-7-19)25-13-20-14-28-10-9-26(20)22(17-25)15-24(16-22)12-18-5-4-8-23-11-18/h1-8,11,20H,9-10,12-17H2. The molecule has 2 aromatic rings. The van der Waals surface area contributed by atoms with E-state index in [9.17, 15) is 4.79 Å². The minimum absolute atomic E-state index is 0.0410. The summed E-state index contributed by atoms with van der Waals surface area (Å²) < 4.78 is 5.76. The number of carbonyl (C=O) groups excluding carboxylic acids is 1. The second-order valence-electron chi connectivity index (χ2n) is 8.20. The molecule has 1 aromatic heterocycles. The molecule has 3 saturated heterocycles. The van der Waals surface area contributed by atoms with Crippen LogP contribution < -0.4 is 0 Å². The molecule has 5 rings (SSSR count). The fourth-order valence-corrected chi connectivity index (χ4v) is 5.04. The summed E-state index contributed by atoms with van der Waals surface area (Å²) >= 11 is 0. The van der Waals surface area contributed by atoms with Crippen molar-refractivity contribution < 1.29 is 9.53 Å². The predicted octanol–water partition coefficient (Wildman–Crippen LogP) is 1.49. The maximum absolute atomic E-state index is 13.1. The number of hydrogen-bond acceptors (Lipinski definition) is 5. The van der Waals surface area contributed by atoms with Crippen molar-refractivity contribution in [3.8, 4) is 0 Å². The van der Waals surface area contributed by atoms with Crippen molar-refractivity contribution in [2.45, 2.75) is 18.1 Å². The normalized spacial score (nSPS) is 24.6. The van der Waals surface area contributed by atoms with Crippen LogP contribution in [-0.4, -0.2) is 83.1 Å². The van der Waals surface area contributed by atoms with Crippen LogP contribution in [0.4, 0.5) is 0 Å². The number of likely N-dealkylation sites (tertiary alicyclic amines) is 1. The van der Waals surface area contributed by atoms with E-state index in [1.54, 1.807) is 0 Å². The van der Waals surface area contributed by atoms with Gasteiger partial charge in [0, 0.05) is 57.2 Å². The zero-order valence-corrected chi connectivity index (χ0v) is 16.0. The molecule has 3 fully saturated rings. The van der Waals surface area contributed by atoms with Crippen LogP contribution in [0.3, 0.4) is 0 Å². The van der Waals surface area contributed by atoms with E-state index in [-0.39, 0.29) is 17.5 Å². The van der Waals surface area contributed by atoms with Crippen molar-refractivity contribution in [3.63, 3.8) is 0 Å². The van der Waals surface area contributed by atoms with E-state index >= 15 is 0 Å². The molecule has 0 aliphatic carbocycles. The fraction of sp³-hybridized carbons (Fsp3) is 0.455. The quantitative estimate of drug-likeness (QED) is 0.810. The van der Waals surface area contributed by atoms with Crippen LogP contribution in [0.2, 0.25) is 0 Å². The summed E-state index contributed by atoms with van der Waals surface area (Å²) in [6.45, 7) is 6.87. The predicted molar refractivity (Wildman–Crippen MR) is 106 cm³/mol. The molecule has 0 bridgehead atoms. The van der Waals surface area contributed by atoms with Gasteiger partial charge < -0.3 is 9.64 Å². The van der Waals surface area contributed by atoms with Gasteiger partial charge in [-0.3, -0.25) is 19.6 Å². The lowest BCUT2D eigenvalue weighted by Crippen LogP contribution is -2.80. The first-order valence-electron chi connectivity index (χ1n) is 10.0. The van der Waals surface area contributed by atoms with E-state index in [0.29, 0.717) is 6.61 Å². The first-order valence-corrected chi connectivity index (χ1v) is 10.0. The molecular formula is C22H26N4O2. The van der Waals surface area contributed by atoms with Gasteiger partial charge in [0.25, 0.3) is 5.91 Å². The Labute approximate surface area is 165 Å². The average Bonchev–Trinajstić information content (AvgIpc) is 2.73. The molecule has 6 heteroatoms. The number of morpholine rings is 1. The Morgan fingerprint density at radius 1 is 1.14 bits per heavy atom. The monoisotopic (exact) mass is 378 g/mol. The Morgan fingerprint density at radius 2 is 2.00 bits per heavy atom. The van der Waals surface area contributed by atoms with Crippen LogP contribution in [0.1, 0.15) is 15.9 Å². The molecule has 4 heterocycles. The molecule has 1 aromatic carbocycles. The summed E-state index contributed by atoms with van der Waals surface area (Å²) in [6.07, 6.45) is 3.75. The van der Waals surface area contributed by atoms with Crippen LogP contribution in [0.15, 0.2) is 54.9 Å². The Balaban J connectivity index is 1.33. The third kappa shape index (κ3) is 3.21. The highest BCUT2D eigenvalue weighted by atomic mass is 16.5. The Morgan fingerprint density at radius 3 is 2.79 bits per heavy atom. The lowest BCUT2D eigenvalue weighted by atomic mass is 9.82. The molecular weight excluding hydrogens is 352 g/mol. The van der Waals surface area contributed by atoms with Gasteiger partial charge in [0.15, 0.2) is 0 Å². The van der Waals surface area contributed by atoms with E-state index < -0.39 is 0 Å². The SMILES string of the molecule is O=C(c1ccccc1)N1CC2COCCN2C2(CN(Cc3cccnc3)C2)C1. The van der Waals surface area contributed by atoms with Crippen molar-refractivity contribution in [3.05, 3.63) is 66.0 Å². The molecule has 1 amide bonds. The lowest BCUT2D eigenvalue weighted by molar-refractivity contribution is -0.160. The largest absolute Gasteiger partial charge is 0.378 e. The summed E-state index contributed by atoms with van der Waals surface area (Å²) in [7, 11) is 0. The zero-order valence-electron chi connectivity index (χ0n) is 16.0. The topological polar surface area (TPSA) is 48.9 Å². The Hall–Kier alpha value is -2.28. The summed E-state index contributed by atoms with van der Waals surface area (Å²) in [5, 5.41) is 0. The van der Waals surface area contributed by atoms with Gasteiger partial charge in [0.05, 0.1) is 24.8 Å². The van der Waals surface area contributed by atoms with Crippen LogP contribution in [0.5, 0.6) is 0 Å². The number of fused-ring (bicyclic) bond motifs is 2. The van der Waals surface area contributed by atoms with Gasteiger partial charge in [0.1, 0.15) is 0 Å². The summed E-state index contributed by atoms with van der Waals surface area (Å²) in [5.74, 6) is 0.135. The highest BCUT2D eigenvalue weighted by molar-refractivity contribution is 5.94. The highest BCUT2D eigenvalue weighted by Crippen LogP contribution is 2.36. The lowest BCUT2D eigenvalue weighted by Gasteiger charge is -2.63. The molecule has 28 heavy (non-hydrogen) atoms. The number of hydrogen-bond donors (Lipinski definition) is 0. The maximum Gasteiger partial charge on any atom is 0.253 e. The molecule has 6 nitrogen and oxygen atoms in total. The highest BCUT2D eigenvalue weighted by Gasteiger charge is 2.54. The molecule has 1 atom stereocenters. The van der Waals surface area contributed by atoms with Gasteiger partial charge in [-0.1, -0.05) is 24.3 Å². The van der Waals surface area contributed by atoms with Gasteiger partial charge in [-0.25, -0.2) is 0 Å². The number of piperazine rings is 1. The molecule has 3 aliphatic rings. The minimum atomic E-state index is 0.0410. The molecule has 0 N–H and O–H groups in total. The summed E-state index contributed by atoms with van der Waals surface area (Å²) in [6, 6.07) is 14.0. The number of benzene rings is 1. The van der Waals surface area contributed by atoms with Crippen molar-refractivity contribution in [1.82, 2.24) is 19.7 Å². The second kappa shape index (κ2) is 7.28. The number of amides is 1. The van der Waals surface area contributed by atoms with Crippen LogP contribution in [-0.2, 0) is 11.3 Å². The average molecular weight is 378 g/mol. The summed E-state index contributed by atoms with van der Waals surface area (Å²) in [4.78, 5) is 24.5. The number of pyridine rings is 1. The van der Waals surface area contributed by atoms with Gasteiger partial charge in [-0.05, 0) is 23.8 Å². The maximum atomic E-state index is 13.1. The van der Waals surface area contributed by atoms with Crippen molar-refractivity contribution in [1.29, 1.82) is 0 Å². The number of rotatable bonds is 3. The van der Waals surface area contributed by atoms with E-state index in [1.807, 2.05) is 53.7 Å². The van der Waals surface area contributed by atoms with Gasteiger partial charge >= 0.3 is 0 Å². The Kier molecular flexibility index (Phi) is 4.62. The molecule has 146 valence electrons. The number of ether oxygens (including phenoxy) is 1. The van der Waals surface area contributed by atoms with Crippen LogP contribution >= 0.6 is 0 Å². The van der Waals surface area contributed by atoms with Crippen molar-refractivity contribution in [2.75, 3.05) is 45.9 Å². The third-order valence-electron chi connectivity index (χ3n) is 6.23. The van der Waals surface area contributed by atoms with Crippen molar-refractivity contribution >= 4 is 5.91 Å². The number of carbonyl (C=O) groups is 1. The number of nitrogens with zero attached hydrogens (tertiary/aromatic N) is 4. The van der Waals surface area contributed by atoms with E-state index in [1.165, 1.54) is 5.56 Å².